The highest BCUT2D eigenvalue weighted by Crippen LogP contribution is 2.29. The van der Waals surface area contributed by atoms with Crippen molar-refractivity contribution in [2.24, 2.45) is 0 Å². The molecule has 27 heavy (non-hydrogen) atoms. The Kier molecular flexibility index (Phi) is 5.15. The lowest BCUT2D eigenvalue weighted by Gasteiger charge is -2.34. The molecule has 1 aromatic carbocycles. The molecule has 9 heteroatoms. The van der Waals surface area contributed by atoms with Crippen molar-refractivity contribution in [3.63, 3.8) is 0 Å². The van der Waals surface area contributed by atoms with Crippen molar-refractivity contribution < 1.29 is 13.2 Å². The van der Waals surface area contributed by atoms with Gasteiger partial charge in [0.25, 0.3) is 10.0 Å². The second-order valence-electron chi connectivity index (χ2n) is 6.64. The third-order valence-corrected chi connectivity index (χ3v) is 8.64. The predicted octanol–water partition coefficient (Wildman–Crippen LogP) is 2.30. The van der Waals surface area contributed by atoms with Gasteiger partial charge in [-0.25, -0.2) is 8.42 Å². The summed E-state index contributed by atoms with van der Waals surface area (Å²) >= 11 is 6.92. The zero-order chi connectivity index (χ0) is 19.0. The van der Waals surface area contributed by atoms with Crippen LogP contribution >= 0.6 is 22.9 Å². The van der Waals surface area contributed by atoms with Gasteiger partial charge in [0.1, 0.15) is 4.21 Å². The Bertz CT molecular complexity index is 952. The number of piperazine rings is 1. The molecule has 0 unspecified atom stereocenters. The molecule has 1 saturated heterocycles. The summed E-state index contributed by atoms with van der Waals surface area (Å²) in [5, 5.41) is 0. The highest BCUT2D eigenvalue weighted by Gasteiger charge is 2.32. The van der Waals surface area contributed by atoms with Crippen molar-refractivity contribution in [3.8, 4) is 0 Å². The third-order valence-electron chi connectivity index (χ3n) is 5.04. The Morgan fingerprint density at radius 3 is 2.48 bits per heavy atom. The van der Waals surface area contributed by atoms with Gasteiger partial charge in [0.2, 0.25) is 5.91 Å². The predicted molar refractivity (Wildman–Crippen MR) is 107 cm³/mol. The first-order valence-electron chi connectivity index (χ1n) is 8.81. The Hall–Kier alpha value is -1.61. The van der Waals surface area contributed by atoms with Gasteiger partial charge >= 0.3 is 0 Å². The smallest absolute Gasteiger partial charge is 0.252 e. The summed E-state index contributed by atoms with van der Waals surface area (Å²) in [6.45, 7) is 2.61. The fourth-order valence-electron chi connectivity index (χ4n) is 3.58. The van der Waals surface area contributed by atoms with Crippen molar-refractivity contribution in [3.05, 3.63) is 46.3 Å². The zero-order valence-electron chi connectivity index (χ0n) is 14.7. The molecular formula is C18H20ClN3O3S2. The van der Waals surface area contributed by atoms with Crippen molar-refractivity contribution in [1.82, 2.24) is 9.21 Å². The van der Waals surface area contributed by atoms with Gasteiger partial charge in [0.15, 0.2) is 0 Å². The Morgan fingerprint density at radius 1 is 1.04 bits per heavy atom. The topological polar surface area (TPSA) is 60.9 Å². The van der Waals surface area contributed by atoms with Crippen molar-refractivity contribution >= 4 is 44.6 Å². The number of anilines is 1. The number of hydrogen-bond donors (Lipinski definition) is 0. The van der Waals surface area contributed by atoms with E-state index in [-0.39, 0.29) is 10.1 Å². The second-order valence-corrected chi connectivity index (χ2v) is 10.5. The third kappa shape index (κ3) is 3.71. The molecule has 0 spiro atoms. The van der Waals surface area contributed by atoms with Crippen LogP contribution in [0.4, 0.5) is 5.69 Å². The minimum atomic E-state index is -3.53. The molecule has 2 aliphatic heterocycles. The fourth-order valence-corrected chi connectivity index (χ4v) is 6.63. The number of fused-ring (bicyclic) bond motifs is 1. The molecule has 6 nitrogen and oxygen atoms in total. The first-order chi connectivity index (χ1) is 12.9. The van der Waals surface area contributed by atoms with E-state index in [2.05, 4.69) is 11.0 Å². The van der Waals surface area contributed by atoms with E-state index in [9.17, 15) is 13.2 Å². The number of carbonyl (C=O) groups is 1. The van der Waals surface area contributed by atoms with E-state index in [0.717, 1.165) is 30.0 Å². The lowest BCUT2D eigenvalue weighted by Crippen LogP contribution is -2.52. The fraction of sp³-hybridized carbons (Fsp3) is 0.389. The van der Waals surface area contributed by atoms with Crippen LogP contribution in [0.5, 0.6) is 0 Å². The number of benzene rings is 1. The molecule has 144 valence electrons. The molecule has 1 fully saturated rings. The molecule has 0 radical (unpaired) electrons. The van der Waals surface area contributed by atoms with Crippen LogP contribution in [-0.2, 0) is 21.2 Å². The van der Waals surface area contributed by atoms with Crippen LogP contribution in [0, 0.1) is 0 Å². The van der Waals surface area contributed by atoms with E-state index in [1.54, 1.807) is 11.0 Å². The number of hydrogen-bond acceptors (Lipinski definition) is 5. The van der Waals surface area contributed by atoms with Gasteiger partial charge in [0.05, 0.1) is 10.9 Å². The second kappa shape index (κ2) is 7.43. The zero-order valence-corrected chi connectivity index (χ0v) is 17.1. The van der Waals surface area contributed by atoms with Crippen molar-refractivity contribution in [2.45, 2.75) is 10.6 Å². The van der Waals surface area contributed by atoms with Crippen LogP contribution in [0.3, 0.4) is 0 Å². The van der Waals surface area contributed by atoms with Crippen LogP contribution in [-0.4, -0.2) is 62.8 Å². The number of carbonyl (C=O) groups excluding carboxylic acids is 1. The van der Waals surface area contributed by atoms with E-state index in [0.29, 0.717) is 37.1 Å². The number of thiophene rings is 1. The molecule has 1 aromatic heterocycles. The number of sulfonamides is 1. The van der Waals surface area contributed by atoms with Gasteiger partial charge in [-0.05, 0) is 30.2 Å². The van der Waals surface area contributed by atoms with Crippen LogP contribution in [0.1, 0.15) is 5.56 Å². The molecule has 3 heterocycles. The summed E-state index contributed by atoms with van der Waals surface area (Å²) in [4.78, 5) is 16.6. The van der Waals surface area contributed by atoms with E-state index in [4.69, 9.17) is 11.6 Å². The molecule has 2 aliphatic rings. The summed E-state index contributed by atoms with van der Waals surface area (Å²) in [5.41, 5.74) is 2.40. The molecule has 0 aliphatic carbocycles. The lowest BCUT2D eigenvalue weighted by atomic mass is 10.2. The van der Waals surface area contributed by atoms with E-state index >= 15 is 0 Å². The molecular weight excluding hydrogens is 406 g/mol. The molecule has 1 amide bonds. The number of nitrogens with zero attached hydrogens (tertiary/aromatic N) is 3. The summed E-state index contributed by atoms with van der Waals surface area (Å²) in [5.74, 6) is 0.0444. The maximum atomic E-state index is 12.7. The van der Waals surface area contributed by atoms with E-state index in [1.165, 1.54) is 15.9 Å². The number of amides is 1. The highest BCUT2D eigenvalue weighted by atomic mass is 35.5. The lowest BCUT2D eigenvalue weighted by molar-refractivity contribution is -0.130. The molecule has 0 saturated carbocycles. The maximum Gasteiger partial charge on any atom is 0.252 e. The minimum Gasteiger partial charge on any atom is -0.362 e. The summed E-state index contributed by atoms with van der Waals surface area (Å²) in [7, 11) is -3.53. The van der Waals surface area contributed by atoms with Crippen LogP contribution in [0.15, 0.2) is 40.6 Å². The van der Waals surface area contributed by atoms with Gasteiger partial charge < -0.3 is 9.80 Å². The standard InChI is InChI=1S/C18H20ClN3O3S2/c19-16-5-6-18(26-16)27(24,25)22-11-9-20(10-12-22)17(23)13-21-8-7-14-3-1-2-4-15(14)21/h1-6H,7-13H2. The summed E-state index contributed by atoms with van der Waals surface area (Å²) in [6.07, 6.45) is 0.957. The SMILES string of the molecule is O=C(CN1CCc2ccccc21)N1CCN(S(=O)(=O)c2ccc(Cl)s2)CC1. The molecule has 0 atom stereocenters. The van der Waals surface area contributed by atoms with Crippen LogP contribution in [0.2, 0.25) is 4.34 Å². The van der Waals surface area contributed by atoms with Crippen molar-refractivity contribution in [1.29, 1.82) is 0 Å². The minimum absolute atomic E-state index is 0.0444. The first-order valence-corrected chi connectivity index (χ1v) is 11.4. The first kappa shape index (κ1) is 18.7. The molecule has 0 N–H and O–H groups in total. The van der Waals surface area contributed by atoms with Crippen molar-refractivity contribution in [2.75, 3.05) is 44.2 Å². The number of halogens is 1. The van der Waals surface area contributed by atoms with Gasteiger partial charge in [-0.2, -0.15) is 4.31 Å². The van der Waals surface area contributed by atoms with Gasteiger partial charge in [-0.1, -0.05) is 29.8 Å². The van der Waals surface area contributed by atoms with E-state index in [1.807, 2.05) is 18.2 Å². The number of rotatable bonds is 4. The van der Waals surface area contributed by atoms with Gasteiger partial charge in [-0.3, -0.25) is 4.79 Å². The Balaban J connectivity index is 1.36. The van der Waals surface area contributed by atoms with E-state index < -0.39 is 10.0 Å². The molecule has 0 bridgehead atoms. The summed E-state index contributed by atoms with van der Waals surface area (Å²) in [6, 6.07) is 11.3. The largest absolute Gasteiger partial charge is 0.362 e. The quantitative estimate of drug-likeness (QED) is 0.754. The van der Waals surface area contributed by atoms with Crippen LogP contribution in [0.25, 0.3) is 0 Å². The van der Waals surface area contributed by atoms with Crippen LogP contribution < -0.4 is 4.90 Å². The normalized spacial score (nSPS) is 18.0. The highest BCUT2D eigenvalue weighted by molar-refractivity contribution is 7.91. The molecule has 2 aromatic rings. The molecule has 4 rings (SSSR count). The summed E-state index contributed by atoms with van der Waals surface area (Å²) < 4.78 is 27.5. The maximum absolute atomic E-state index is 12.7. The average Bonchev–Trinajstić information content (AvgIpc) is 3.29. The average molecular weight is 426 g/mol. The number of para-hydroxylation sites is 1. The Labute approximate surface area is 168 Å². The van der Waals surface area contributed by atoms with Gasteiger partial charge in [0, 0.05) is 38.4 Å². The Morgan fingerprint density at radius 2 is 1.78 bits per heavy atom. The monoisotopic (exact) mass is 425 g/mol. The van der Waals surface area contributed by atoms with Gasteiger partial charge in [-0.15, -0.1) is 11.3 Å².